The fourth-order valence-electron chi connectivity index (χ4n) is 2.19. The number of rotatable bonds is 6. The minimum Gasteiger partial charge on any atom is -0.497 e. The summed E-state index contributed by atoms with van der Waals surface area (Å²) >= 11 is 0. The highest BCUT2D eigenvalue weighted by atomic mass is 16.5. The van der Waals surface area contributed by atoms with Crippen LogP contribution in [-0.2, 0) is 6.54 Å². The van der Waals surface area contributed by atoms with Gasteiger partial charge in [0.25, 0.3) is 0 Å². The third-order valence-electron chi connectivity index (χ3n) is 3.48. The summed E-state index contributed by atoms with van der Waals surface area (Å²) in [5, 5.41) is 13.0. The Kier molecular flexibility index (Phi) is 5.16. The number of aliphatic hydroxyl groups excluding tert-OH is 1. The Morgan fingerprint density at radius 1 is 1.15 bits per heavy atom. The predicted molar refractivity (Wildman–Crippen MR) is 80.8 cm³/mol. The van der Waals surface area contributed by atoms with E-state index in [0.717, 1.165) is 17.9 Å². The third kappa shape index (κ3) is 3.59. The second-order valence-corrected chi connectivity index (χ2v) is 4.82. The Morgan fingerprint density at radius 3 is 2.65 bits per heavy atom. The highest BCUT2D eigenvalue weighted by Crippen LogP contribution is 2.19. The van der Waals surface area contributed by atoms with Crippen molar-refractivity contribution in [2.75, 3.05) is 13.7 Å². The number of methoxy groups -OCH3 is 1. The Hall–Kier alpha value is -1.84. The maximum atomic E-state index is 9.59. The molecule has 0 aliphatic rings. The first kappa shape index (κ1) is 14.6. The van der Waals surface area contributed by atoms with Gasteiger partial charge >= 0.3 is 0 Å². The molecule has 0 heterocycles. The average Bonchev–Trinajstić information content (AvgIpc) is 2.50. The van der Waals surface area contributed by atoms with Gasteiger partial charge in [0.05, 0.1) is 19.8 Å². The van der Waals surface area contributed by atoms with E-state index in [9.17, 15) is 5.11 Å². The zero-order chi connectivity index (χ0) is 14.4. The number of ether oxygens (including phenoxy) is 1. The van der Waals surface area contributed by atoms with E-state index in [1.807, 2.05) is 36.4 Å². The van der Waals surface area contributed by atoms with E-state index >= 15 is 0 Å². The number of aliphatic hydroxyl groups is 1. The predicted octanol–water partition coefficient (Wildman–Crippen LogP) is 2.83. The fourth-order valence-corrected chi connectivity index (χ4v) is 2.19. The van der Waals surface area contributed by atoms with Crippen LogP contribution in [0.25, 0.3) is 0 Å². The zero-order valence-corrected chi connectivity index (χ0v) is 12.0. The molecule has 2 rings (SSSR count). The van der Waals surface area contributed by atoms with Crippen LogP contribution in [0.15, 0.2) is 48.5 Å². The van der Waals surface area contributed by atoms with Gasteiger partial charge in [-0.15, -0.1) is 0 Å². The van der Waals surface area contributed by atoms with Crippen LogP contribution >= 0.6 is 0 Å². The van der Waals surface area contributed by atoms with Crippen LogP contribution in [0.2, 0.25) is 0 Å². The fraction of sp³-hybridized carbons (Fsp3) is 0.294. The van der Waals surface area contributed by atoms with Crippen molar-refractivity contribution < 1.29 is 9.84 Å². The van der Waals surface area contributed by atoms with E-state index < -0.39 is 0 Å². The average molecular weight is 271 g/mol. The molecule has 0 saturated heterocycles. The first-order valence-electron chi connectivity index (χ1n) is 6.77. The lowest BCUT2D eigenvalue weighted by Crippen LogP contribution is -2.24. The first-order chi connectivity index (χ1) is 9.74. The van der Waals surface area contributed by atoms with Gasteiger partial charge in [-0.25, -0.2) is 0 Å². The van der Waals surface area contributed by atoms with Gasteiger partial charge < -0.3 is 15.2 Å². The minimum atomic E-state index is -0.0929. The van der Waals surface area contributed by atoms with Crippen molar-refractivity contribution in [3.05, 3.63) is 65.2 Å². The number of hydrogen-bond donors (Lipinski definition) is 2. The molecule has 1 atom stereocenters. The van der Waals surface area contributed by atoms with Crippen molar-refractivity contribution in [2.24, 2.45) is 0 Å². The molecule has 1 unspecified atom stereocenters. The van der Waals surface area contributed by atoms with Gasteiger partial charge in [0.15, 0.2) is 0 Å². The molecule has 0 saturated carbocycles. The van der Waals surface area contributed by atoms with Gasteiger partial charge in [-0.2, -0.15) is 0 Å². The van der Waals surface area contributed by atoms with Gasteiger partial charge in [-0.3, -0.25) is 0 Å². The van der Waals surface area contributed by atoms with E-state index in [0.29, 0.717) is 0 Å². The van der Waals surface area contributed by atoms with Crippen molar-refractivity contribution in [1.82, 2.24) is 5.32 Å². The molecule has 0 radical (unpaired) electrons. The van der Waals surface area contributed by atoms with Crippen molar-refractivity contribution in [1.29, 1.82) is 0 Å². The second kappa shape index (κ2) is 7.08. The SMILES string of the molecule is COc1cccc(C(CO)NCc2ccccc2C)c1. The zero-order valence-electron chi connectivity index (χ0n) is 12.0. The molecular weight excluding hydrogens is 250 g/mol. The monoisotopic (exact) mass is 271 g/mol. The summed E-state index contributed by atoms with van der Waals surface area (Å²) in [6, 6.07) is 15.9. The molecule has 0 amide bonds. The van der Waals surface area contributed by atoms with Gasteiger partial charge in [0.2, 0.25) is 0 Å². The van der Waals surface area contributed by atoms with Gasteiger partial charge in [-0.1, -0.05) is 36.4 Å². The maximum absolute atomic E-state index is 9.59. The Bertz CT molecular complexity index is 554. The molecule has 3 heteroatoms. The minimum absolute atomic E-state index is 0.0546. The molecule has 0 spiro atoms. The number of benzene rings is 2. The van der Waals surface area contributed by atoms with E-state index in [1.165, 1.54) is 11.1 Å². The molecule has 20 heavy (non-hydrogen) atoms. The third-order valence-corrected chi connectivity index (χ3v) is 3.48. The van der Waals surface area contributed by atoms with E-state index in [2.05, 4.69) is 24.4 Å². The highest BCUT2D eigenvalue weighted by molar-refractivity contribution is 5.31. The van der Waals surface area contributed by atoms with Crippen LogP contribution < -0.4 is 10.1 Å². The summed E-state index contributed by atoms with van der Waals surface area (Å²) in [6.07, 6.45) is 0. The molecule has 3 nitrogen and oxygen atoms in total. The molecule has 106 valence electrons. The van der Waals surface area contributed by atoms with Gasteiger partial charge in [0.1, 0.15) is 5.75 Å². The quantitative estimate of drug-likeness (QED) is 0.849. The van der Waals surface area contributed by atoms with Crippen LogP contribution in [0.1, 0.15) is 22.7 Å². The van der Waals surface area contributed by atoms with Crippen molar-refractivity contribution in [3.63, 3.8) is 0 Å². The second-order valence-electron chi connectivity index (χ2n) is 4.82. The topological polar surface area (TPSA) is 41.5 Å². The van der Waals surface area contributed by atoms with Crippen LogP contribution in [0, 0.1) is 6.92 Å². The molecule has 2 aromatic carbocycles. The van der Waals surface area contributed by atoms with Crippen molar-refractivity contribution in [2.45, 2.75) is 19.5 Å². The normalized spacial score (nSPS) is 12.2. The molecule has 0 aromatic heterocycles. The molecule has 0 aliphatic heterocycles. The lowest BCUT2D eigenvalue weighted by atomic mass is 10.1. The maximum Gasteiger partial charge on any atom is 0.119 e. The summed E-state index contributed by atoms with van der Waals surface area (Å²) in [7, 11) is 1.65. The number of nitrogens with one attached hydrogen (secondary N) is 1. The molecule has 2 N–H and O–H groups in total. The summed E-state index contributed by atoms with van der Waals surface area (Å²) in [4.78, 5) is 0. The van der Waals surface area contributed by atoms with Gasteiger partial charge in [0, 0.05) is 6.54 Å². The number of aryl methyl sites for hydroxylation is 1. The number of hydrogen-bond acceptors (Lipinski definition) is 3. The standard InChI is InChI=1S/C17H21NO2/c1-13-6-3-4-7-15(13)11-18-17(12-19)14-8-5-9-16(10-14)20-2/h3-10,17-19H,11-12H2,1-2H3. The lowest BCUT2D eigenvalue weighted by molar-refractivity contribution is 0.243. The summed E-state index contributed by atoms with van der Waals surface area (Å²) in [5.41, 5.74) is 3.52. The summed E-state index contributed by atoms with van der Waals surface area (Å²) < 4.78 is 5.22. The van der Waals surface area contributed by atoms with E-state index in [4.69, 9.17) is 4.74 Å². The van der Waals surface area contributed by atoms with Crippen LogP contribution in [0.4, 0.5) is 0 Å². The van der Waals surface area contributed by atoms with E-state index in [-0.39, 0.29) is 12.6 Å². The van der Waals surface area contributed by atoms with Crippen LogP contribution in [0.3, 0.4) is 0 Å². The molecule has 2 aromatic rings. The van der Waals surface area contributed by atoms with Crippen molar-refractivity contribution >= 4 is 0 Å². The largest absolute Gasteiger partial charge is 0.497 e. The van der Waals surface area contributed by atoms with E-state index in [1.54, 1.807) is 7.11 Å². The summed E-state index contributed by atoms with van der Waals surface area (Å²) in [6.45, 7) is 2.88. The van der Waals surface area contributed by atoms with Crippen LogP contribution in [-0.4, -0.2) is 18.8 Å². The molecule has 0 fully saturated rings. The van der Waals surface area contributed by atoms with Crippen LogP contribution in [0.5, 0.6) is 5.75 Å². The molecule has 0 bridgehead atoms. The molecular formula is C17H21NO2. The Labute approximate surface area is 120 Å². The first-order valence-corrected chi connectivity index (χ1v) is 6.77. The summed E-state index contributed by atoms with van der Waals surface area (Å²) in [5.74, 6) is 0.804. The smallest absolute Gasteiger partial charge is 0.119 e. The van der Waals surface area contributed by atoms with Gasteiger partial charge in [-0.05, 0) is 35.7 Å². The Morgan fingerprint density at radius 2 is 1.95 bits per heavy atom. The van der Waals surface area contributed by atoms with Crippen molar-refractivity contribution in [3.8, 4) is 5.75 Å². The molecule has 0 aliphatic carbocycles. The lowest BCUT2D eigenvalue weighted by Gasteiger charge is -2.18. The highest BCUT2D eigenvalue weighted by Gasteiger charge is 2.11. The Balaban J connectivity index is 2.07.